The van der Waals surface area contributed by atoms with E-state index >= 15 is 0 Å². The second-order valence-electron chi connectivity index (χ2n) is 16.7. The van der Waals surface area contributed by atoms with Crippen LogP contribution in [0, 0.1) is 0 Å². The number of esters is 1. The third-order valence-corrected chi connectivity index (χ3v) is 11.0. The van der Waals surface area contributed by atoms with Crippen molar-refractivity contribution in [3.63, 3.8) is 0 Å². The zero-order valence-corrected chi connectivity index (χ0v) is 35.7. The number of benzene rings is 4. The number of hydrogen-bond acceptors (Lipinski definition) is 11. The molecule has 61 heavy (non-hydrogen) atoms. The summed E-state index contributed by atoms with van der Waals surface area (Å²) in [5, 5.41) is 0. The molecule has 11 heteroatoms. The summed E-state index contributed by atoms with van der Waals surface area (Å²) >= 11 is 0. The molecule has 4 aromatic carbocycles. The number of carbonyl (C=O) groups is 1. The van der Waals surface area contributed by atoms with Crippen molar-refractivity contribution < 1.29 is 52.2 Å². The van der Waals surface area contributed by atoms with Gasteiger partial charge in [0.15, 0.2) is 17.7 Å². The van der Waals surface area contributed by atoms with E-state index in [2.05, 4.69) is 6.58 Å². The Bertz CT molecular complexity index is 1930. The molecular weight excluding hydrogens is 777 g/mol. The molecule has 3 saturated heterocycles. The van der Waals surface area contributed by atoms with Crippen molar-refractivity contribution in [3.8, 4) is 0 Å². The first-order valence-electron chi connectivity index (χ1n) is 21.3. The summed E-state index contributed by atoms with van der Waals surface area (Å²) in [5.74, 6) is -2.34. The molecule has 0 saturated carbocycles. The Balaban J connectivity index is 1.20. The zero-order valence-electron chi connectivity index (χ0n) is 35.7. The Hall–Kier alpha value is -4.27. The Labute approximate surface area is 360 Å². The number of hydrogen-bond donors (Lipinski definition) is 0. The van der Waals surface area contributed by atoms with Crippen LogP contribution in [0.5, 0.6) is 0 Å². The minimum atomic E-state index is -0.925. The topological polar surface area (TPSA) is 109 Å². The van der Waals surface area contributed by atoms with Gasteiger partial charge < -0.3 is 47.4 Å². The molecule has 0 radical (unpaired) electrons. The van der Waals surface area contributed by atoms with Crippen LogP contribution in [0.25, 0.3) is 0 Å². The Morgan fingerprint density at radius 2 is 1.13 bits per heavy atom. The quantitative estimate of drug-likeness (QED) is 0.0634. The van der Waals surface area contributed by atoms with Crippen LogP contribution >= 0.6 is 0 Å². The summed E-state index contributed by atoms with van der Waals surface area (Å²) in [5.41, 5.74) is 3.94. The highest BCUT2D eigenvalue weighted by Crippen LogP contribution is 2.38. The number of rotatable bonds is 20. The van der Waals surface area contributed by atoms with Crippen LogP contribution in [0.2, 0.25) is 0 Å². The lowest BCUT2D eigenvalue weighted by Gasteiger charge is -2.46. The first-order chi connectivity index (χ1) is 29.6. The van der Waals surface area contributed by atoms with Gasteiger partial charge in [0.05, 0.1) is 58.3 Å². The average Bonchev–Trinajstić information content (AvgIpc) is 3.78. The van der Waals surface area contributed by atoms with Crippen molar-refractivity contribution in [2.24, 2.45) is 0 Å². The van der Waals surface area contributed by atoms with Gasteiger partial charge in [-0.25, -0.2) is 0 Å². The van der Waals surface area contributed by atoms with Crippen LogP contribution < -0.4 is 0 Å². The van der Waals surface area contributed by atoms with Crippen LogP contribution in [0.3, 0.4) is 0 Å². The van der Waals surface area contributed by atoms with Crippen molar-refractivity contribution in [1.29, 1.82) is 0 Å². The molecule has 3 aliphatic rings. The van der Waals surface area contributed by atoms with Crippen molar-refractivity contribution in [1.82, 2.24) is 0 Å². The molecule has 3 fully saturated rings. The lowest BCUT2D eigenvalue weighted by Crippen LogP contribution is -2.61. The van der Waals surface area contributed by atoms with Gasteiger partial charge in [0.2, 0.25) is 0 Å². The molecule has 9 atom stereocenters. The summed E-state index contributed by atoms with van der Waals surface area (Å²) in [6.07, 6.45) is -4.13. The largest absolute Gasteiger partial charge is 0.457 e. The molecule has 0 aromatic heterocycles. The molecular formula is C50H60O11. The van der Waals surface area contributed by atoms with Crippen LogP contribution in [0.15, 0.2) is 134 Å². The van der Waals surface area contributed by atoms with Crippen molar-refractivity contribution in [2.75, 3.05) is 13.2 Å². The van der Waals surface area contributed by atoms with Gasteiger partial charge >= 0.3 is 5.97 Å². The fourth-order valence-corrected chi connectivity index (χ4v) is 8.13. The first-order valence-corrected chi connectivity index (χ1v) is 21.3. The van der Waals surface area contributed by atoms with Crippen molar-refractivity contribution in [2.45, 2.75) is 133 Å². The van der Waals surface area contributed by atoms with Gasteiger partial charge in [-0.1, -0.05) is 127 Å². The normalized spacial score (nSPS) is 27.3. The fraction of sp³-hybridized carbons (Fsp3) is 0.460. The van der Waals surface area contributed by atoms with Gasteiger partial charge in [-0.05, 0) is 56.4 Å². The summed E-state index contributed by atoms with van der Waals surface area (Å²) < 4.78 is 65.3. The number of ether oxygens (including phenoxy) is 10. The van der Waals surface area contributed by atoms with Gasteiger partial charge in [-0.2, -0.15) is 0 Å². The van der Waals surface area contributed by atoms with Gasteiger partial charge in [-0.3, -0.25) is 4.79 Å². The summed E-state index contributed by atoms with van der Waals surface area (Å²) in [7, 11) is 0. The first kappa shape index (κ1) is 44.8. The lowest BCUT2D eigenvalue weighted by atomic mass is 9.92. The van der Waals surface area contributed by atoms with Gasteiger partial charge in [0, 0.05) is 0 Å². The summed E-state index contributed by atoms with van der Waals surface area (Å²) in [6, 6.07) is 39.8. The Morgan fingerprint density at radius 3 is 1.62 bits per heavy atom. The second-order valence-corrected chi connectivity index (χ2v) is 16.7. The molecule has 3 aliphatic heterocycles. The van der Waals surface area contributed by atoms with E-state index in [0.717, 1.165) is 22.3 Å². The van der Waals surface area contributed by atoms with E-state index in [1.807, 2.05) is 149 Å². The fourth-order valence-electron chi connectivity index (χ4n) is 8.13. The van der Waals surface area contributed by atoms with E-state index in [-0.39, 0.29) is 32.8 Å². The van der Waals surface area contributed by atoms with Crippen molar-refractivity contribution >= 4 is 5.97 Å². The highest BCUT2D eigenvalue weighted by Gasteiger charge is 2.53. The van der Waals surface area contributed by atoms with Gasteiger partial charge in [0.25, 0.3) is 0 Å². The third-order valence-electron chi connectivity index (χ3n) is 11.0. The van der Waals surface area contributed by atoms with Crippen LogP contribution in [0.1, 0.15) is 62.8 Å². The minimum absolute atomic E-state index is 0.160. The van der Waals surface area contributed by atoms with E-state index in [1.54, 1.807) is 6.08 Å². The molecule has 7 rings (SSSR count). The van der Waals surface area contributed by atoms with Crippen LogP contribution in [-0.2, 0) is 78.6 Å². The molecule has 0 spiro atoms. The number of carbonyl (C=O) groups excluding carboxylic acids is 1. The molecule has 11 nitrogen and oxygen atoms in total. The van der Waals surface area contributed by atoms with Gasteiger partial charge in [0.1, 0.15) is 36.6 Å². The minimum Gasteiger partial charge on any atom is -0.457 e. The monoisotopic (exact) mass is 836 g/mol. The molecule has 0 amide bonds. The van der Waals surface area contributed by atoms with Crippen LogP contribution in [0.4, 0.5) is 0 Å². The molecule has 0 bridgehead atoms. The summed E-state index contributed by atoms with van der Waals surface area (Å²) in [6.45, 7) is 12.8. The molecule has 0 unspecified atom stereocenters. The maximum absolute atomic E-state index is 14.6. The van der Waals surface area contributed by atoms with E-state index < -0.39 is 72.5 Å². The van der Waals surface area contributed by atoms with E-state index in [4.69, 9.17) is 47.4 Å². The molecule has 4 aromatic rings. The van der Waals surface area contributed by atoms with E-state index in [0.29, 0.717) is 19.6 Å². The predicted molar refractivity (Wildman–Crippen MR) is 228 cm³/mol. The molecule has 0 N–H and O–H groups in total. The maximum Gasteiger partial charge on any atom is 0.308 e. The van der Waals surface area contributed by atoms with Crippen molar-refractivity contribution in [3.05, 3.63) is 156 Å². The second kappa shape index (κ2) is 21.2. The lowest BCUT2D eigenvalue weighted by molar-refractivity contribution is -0.274. The highest BCUT2D eigenvalue weighted by atomic mass is 16.8. The van der Waals surface area contributed by atoms with Gasteiger partial charge in [-0.15, -0.1) is 6.58 Å². The zero-order chi connectivity index (χ0) is 42.7. The summed E-state index contributed by atoms with van der Waals surface area (Å²) in [4.78, 5) is 14.6. The highest BCUT2D eigenvalue weighted by molar-refractivity contribution is 5.70. The SMILES string of the molecule is C=CC[C@@H]1OC(C)(C)O[C@@H]1[C@H](OC(=O)C[C@H]1O[C@H](COCc2ccccc2)[C@@H](OCc2ccccc2)[C@H](OCc2ccccc2)[C@@H]1OCc1ccccc1)[C@@H]1COC(C)(C)O1. The molecule has 3 heterocycles. The average molecular weight is 837 g/mol. The molecule has 0 aliphatic carbocycles. The third kappa shape index (κ3) is 12.7. The molecule has 326 valence electrons. The Morgan fingerprint density at radius 1 is 0.639 bits per heavy atom. The van der Waals surface area contributed by atoms with E-state index in [9.17, 15) is 4.79 Å². The predicted octanol–water partition coefficient (Wildman–Crippen LogP) is 8.28. The van der Waals surface area contributed by atoms with E-state index in [1.165, 1.54) is 0 Å². The standard InChI is InChI=1S/C50H60O11/c1-6-19-39-47(61-50(4,5)59-39)46(42-34-56-49(2,3)60-42)58-43(51)28-40-44(53-30-36-22-13-8-14-23-36)48(55-32-38-26-17-10-18-27-38)45(54-31-37-24-15-9-16-25-37)41(57-40)33-52-29-35-20-11-7-12-21-35/h6-18,20-27,39-42,44-48H,1,19,28-34H2,2-5H3/t39-,40+,41+,42-,44+,45+,46+,47-,48+/m0/s1. The van der Waals surface area contributed by atoms with Crippen LogP contribution in [-0.4, -0.2) is 85.7 Å². The Kier molecular flexibility index (Phi) is 15.6. The smallest absolute Gasteiger partial charge is 0.308 e. The maximum atomic E-state index is 14.6.